The normalized spacial score (nSPS) is 14.2. The highest BCUT2D eigenvalue weighted by Crippen LogP contribution is 2.25. The molecule has 2 aromatic carbocycles. The van der Waals surface area contributed by atoms with Crippen LogP contribution >= 0.6 is 0 Å². The van der Waals surface area contributed by atoms with Gasteiger partial charge in [-0.2, -0.15) is 0 Å². The minimum Gasteiger partial charge on any atom is -0.449 e. The van der Waals surface area contributed by atoms with Gasteiger partial charge in [0.05, 0.1) is 0 Å². The van der Waals surface area contributed by atoms with Crippen LogP contribution in [-0.4, -0.2) is 23.0 Å². The second-order valence-electron chi connectivity index (χ2n) is 6.76. The summed E-state index contributed by atoms with van der Waals surface area (Å²) in [5, 5.41) is 2.80. The molecule has 0 bridgehead atoms. The largest absolute Gasteiger partial charge is 0.449 e. The average Bonchev–Trinajstić information content (AvgIpc) is 3.32. The first-order chi connectivity index (χ1) is 13.6. The number of hydrogen-bond acceptors (Lipinski definition) is 5. The molecule has 1 aromatic heterocycles. The molecule has 1 heterocycles. The molecule has 28 heavy (non-hydrogen) atoms. The number of esters is 1. The van der Waals surface area contributed by atoms with Crippen molar-refractivity contribution in [3.05, 3.63) is 65.6 Å². The Hall–Kier alpha value is -3.41. The fourth-order valence-corrected chi connectivity index (χ4v) is 3.26. The number of rotatable bonds is 5. The smallest absolute Gasteiger partial charge is 0.331 e. The summed E-state index contributed by atoms with van der Waals surface area (Å²) in [6.07, 6.45) is 4.97. The van der Waals surface area contributed by atoms with Gasteiger partial charge in [-0.05, 0) is 61.6 Å². The van der Waals surface area contributed by atoms with E-state index in [9.17, 15) is 9.59 Å². The first-order valence-corrected chi connectivity index (χ1v) is 9.25. The molecule has 0 unspecified atom stereocenters. The number of benzene rings is 2. The molecule has 1 atom stereocenters. The maximum absolute atomic E-state index is 12.3. The van der Waals surface area contributed by atoms with E-state index in [0.29, 0.717) is 17.0 Å². The Morgan fingerprint density at radius 1 is 1.18 bits per heavy atom. The van der Waals surface area contributed by atoms with Crippen molar-refractivity contribution in [3.63, 3.8) is 0 Å². The molecule has 4 rings (SSSR count). The Bertz CT molecular complexity index is 1030. The van der Waals surface area contributed by atoms with Gasteiger partial charge in [-0.1, -0.05) is 18.2 Å². The van der Waals surface area contributed by atoms with Crippen LogP contribution in [0.1, 0.15) is 30.4 Å². The second-order valence-corrected chi connectivity index (χ2v) is 6.76. The molecular weight excluding hydrogens is 356 g/mol. The molecule has 0 spiro atoms. The van der Waals surface area contributed by atoms with Crippen molar-refractivity contribution in [2.45, 2.75) is 32.3 Å². The minimum atomic E-state index is -0.922. The number of carbonyl (C=O) groups is 2. The Morgan fingerprint density at radius 3 is 2.86 bits per heavy atom. The topological polar surface area (TPSA) is 81.4 Å². The summed E-state index contributed by atoms with van der Waals surface area (Å²) in [7, 11) is 0. The number of para-hydroxylation sites is 2. The van der Waals surface area contributed by atoms with Gasteiger partial charge in [0.2, 0.25) is 5.89 Å². The Labute approximate surface area is 162 Å². The predicted octanol–water partition coefficient (Wildman–Crippen LogP) is 3.90. The van der Waals surface area contributed by atoms with Crippen LogP contribution in [0.3, 0.4) is 0 Å². The molecule has 1 amide bonds. The Balaban J connectivity index is 1.33. The van der Waals surface area contributed by atoms with E-state index in [-0.39, 0.29) is 5.91 Å². The van der Waals surface area contributed by atoms with Gasteiger partial charge in [-0.15, -0.1) is 0 Å². The summed E-state index contributed by atoms with van der Waals surface area (Å²) < 4.78 is 10.7. The highest BCUT2D eigenvalue weighted by molar-refractivity contribution is 5.96. The van der Waals surface area contributed by atoms with Gasteiger partial charge < -0.3 is 14.5 Å². The van der Waals surface area contributed by atoms with Gasteiger partial charge >= 0.3 is 5.97 Å². The zero-order valence-corrected chi connectivity index (χ0v) is 15.5. The van der Waals surface area contributed by atoms with Gasteiger partial charge in [0, 0.05) is 17.8 Å². The lowest BCUT2D eigenvalue weighted by Gasteiger charge is -2.13. The molecule has 6 heteroatoms. The van der Waals surface area contributed by atoms with E-state index in [1.54, 1.807) is 6.07 Å². The van der Waals surface area contributed by atoms with Crippen LogP contribution in [0.25, 0.3) is 17.2 Å². The first-order valence-electron chi connectivity index (χ1n) is 9.25. The summed E-state index contributed by atoms with van der Waals surface area (Å²) in [5.41, 5.74) is 4.66. The highest BCUT2D eigenvalue weighted by Gasteiger charge is 2.18. The quantitative estimate of drug-likeness (QED) is 0.539. The number of fused-ring (bicyclic) bond motifs is 2. The van der Waals surface area contributed by atoms with E-state index in [1.165, 1.54) is 30.2 Å². The number of nitrogens with one attached hydrogen (secondary N) is 1. The van der Waals surface area contributed by atoms with Crippen LogP contribution in [0.4, 0.5) is 5.69 Å². The maximum atomic E-state index is 12.3. The van der Waals surface area contributed by atoms with E-state index in [1.807, 2.05) is 36.4 Å². The van der Waals surface area contributed by atoms with Gasteiger partial charge in [0.15, 0.2) is 11.7 Å². The van der Waals surface area contributed by atoms with Crippen molar-refractivity contribution in [2.24, 2.45) is 0 Å². The predicted molar refractivity (Wildman–Crippen MR) is 106 cm³/mol. The van der Waals surface area contributed by atoms with E-state index >= 15 is 0 Å². The first kappa shape index (κ1) is 18.0. The minimum absolute atomic E-state index is 0.299. The zero-order chi connectivity index (χ0) is 19.5. The lowest BCUT2D eigenvalue weighted by Crippen LogP contribution is -2.29. The SMILES string of the molecule is C[C@@H](OC(=O)/C=C/c1nc2ccccc2o1)C(=O)Nc1ccc2c(c1)CCC2. The lowest BCUT2D eigenvalue weighted by molar-refractivity contribution is -0.148. The van der Waals surface area contributed by atoms with Crippen LogP contribution < -0.4 is 5.32 Å². The van der Waals surface area contributed by atoms with Gasteiger partial charge in [-0.3, -0.25) is 4.79 Å². The van der Waals surface area contributed by atoms with E-state index in [0.717, 1.165) is 24.9 Å². The third kappa shape index (κ3) is 3.96. The summed E-state index contributed by atoms with van der Waals surface area (Å²) in [5.74, 6) is -0.714. The molecule has 3 aromatic rings. The van der Waals surface area contributed by atoms with Crippen molar-refractivity contribution < 1.29 is 18.7 Å². The number of carbonyl (C=O) groups excluding carboxylic acids is 2. The summed E-state index contributed by atoms with van der Waals surface area (Å²) >= 11 is 0. The number of aryl methyl sites for hydroxylation is 2. The van der Waals surface area contributed by atoms with Gasteiger partial charge in [0.1, 0.15) is 5.52 Å². The van der Waals surface area contributed by atoms with Crippen molar-refractivity contribution in [1.82, 2.24) is 4.98 Å². The van der Waals surface area contributed by atoms with Gasteiger partial charge in [-0.25, -0.2) is 9.78 Å². The molecule has 0 saturated heterocycles. The van der Waals surface area contributed by atoms with Crippen LogP contribution in [0.15, 0.2) is 53.0 Å². The Kier molecular flexibility index (Phi) is 4.93. The number of nitrogens with zero attached hydrogens (tertiary/aromatic N) is 1. The summed E-state index contributed by atoms with van der Waals surface area (Å²) in [6, 6.07) is 13.2. The van der Waals surface area contributed by atoms with Crippen LogP contribution in [0.2, 0.25) is 0 Å². The number of ether oxygens (including phenoxy) is 1. The third-order valence-electron chi connectivity index (χ3n) is 4.70. The fourth-order valence-electron chi connectivity index (χ4n) is 3.26. The molecule has 1 N–H and O–H groups in total. The molecule has 0 fully saturated rings. The lowest BCUT2D eigenvalue weighted by atomic mass is 10.1. The number of hydrogen-bond donors (Lipinski definition) is 1. The van der Waals surface area contributed by atoms with Crippen LogP contribution in [-0.2, 0) is 27.2 Å². The Morgan fingerprint density at radius 2 is 2.00 bits per heavy atom. The maximum Gasteiger partial charge on any atom is 0.331 e. The molecule has 1 aliphatic carbocycles. The fraction of sp³-hybridized carbons (Fsp3) is 0.227. The molecule has 142 valence electrons. The average molecular weight is 376 g/mol. The number of amides is 1. The third-order valence-corrected chi connectivity index (χ3v) is 4.70. The van der Waals surface area contributed by atoms with E-state index in [4.69, 9.17) is 9.15 Å². The molecular formula is C22H20N2O4. The number of oxazole rings is 1. The van der Waals surface area contributed by atoms with Crippen LogP contribution in [0, 0.1) is 0 Å². The van der Waals surface area contributed by atoms with Gasteiger partial charge in [0.25, 0.3) is 5.91 Å². The van der Waals surface area contributed by atoms with Crippen molar-refractivity contribution >= 4 is 34.7 Å². The highest BCUT2D eigenvalue weighted by atomic mass is 16.5. The summed E-state index contributed by atoms with van der Waals surface area (Å²) in [4.78, 5) is 28.5. The van der Waals surface area contributed by atoms with Crippen LogP contribution in [0.5, 0.6) is 0 Å². The van der Waals surface area contributed by atoms with E-state index in [2.05, 4.69) is 10.3 Å². The van der Waals surface area contributed by atoms with Crippen molar-refractivity contribution in [1.29, 1.82) is 0 Å². The molecule has 1 aliphatic rings. The monoisotopic (exact) mass is 376 g/mol. The number of anilines is 1. The number of aromatic nitrogens is 1. The molecule has 6 nitrogen and oxygen atoms in total. The molecule has 0 aliphatic heterocycles. The molecule has 0 saturated carbocycles. The second kappa shape index (κ2) is 7.68. The molecule has 0 radical (unpaired) electrons. The summed E-state index contributed by atoms with van der Waals surface area (Å²) in [6.45, 7) is 1.54. The zero-order valence-electron chi connectivity index (χ0n) is 15.5. The standard InChI is InChI=1S/C22H20N2O4/c1-14(22(26)23-17-10-9-15-5-4-6-16(15)13-17)27-21(25)12-11-20-24-18-7-2-3-8-19(18)28-20/h2-3,7-14H,4-6H2,1H3,(H,23,26)/b12-11+/t14-/m1/s1. The van der Waals surface area contributed by atoms with Crippen molar-refractivity contribution in [3.8, 4) is 0 Å². The van der Waals surface area contributed by atoms with E-state index < -0.39 is 12.1 Å². The van der Waals surface area contributed by atoms with Crippen molar-refractivity contribution in [2.75, 3.05) is 5.32 Å².